The summed E-state index contributed by atoms with van der Waals surface area (Å²) in [5.41, 5.74) is 3.55. The number of nitrogens with zero attached hydrogens (tertiary/aromatic N) is 1. The third kappa shape index (κ3) is 2.53. The van der Waals surface area contributed by atoms with Crippen molar-refractivity contribution >= 4 is 15.9 Å². The van der Waals surface area contributed by atoms with Gasteiger partial charge >= 0.3 is 0 Å². The number of rotatable bonds is 3. The van der Waals surface area contributed by atoms with Gasteiger partial charge in [-0.25, -0.2) is 4.98 Å². The van der Waals surface area contributed by atoms with Gasteiger partial charge in [0.1, 0.15) is 12.4 Å². The van der Waals surface area contributed by atoms with Crippen molar-refractivity contribution < 1.29 is 9.15 Å². The Morgan fingerprint density at radius 1 is 1.47 bits per heavy atom. The zero-order valence-electron chi connectivity index (χ0n) is 10.7. The van der Waals surface area contributed by atoms with Gasteiger partial charge in [0, 0.05) is 6.54 Å². The standard InChI is InChI=1S/C14H15BrN2O2/c1-9-13(19-8-17-9)7-18-12-3-2-10-6-16-5-4-11(10)14(12)15/h2-3,8,16H,4-7H2,1H3. The molecule has 1 aliphatic rings. The van der Waals surface area contributed by atoms with Crippen LogP contribution in [0.5, 0.6) is 5.75 Å². The number of aryl methyl sites for hydroxylation is 1. The molecule has 0 bridgehead atoms. The summed E-state index contributed by atoms with van der Waals surface area (Å²) in [6.07, 6.45) is 2.47. The van der Waals surface area contributed by atoms with Crippen molar-refractivity contribution in [3.8, 4) is 5.75 Å². The van der Waals surface area contributed by atoms with Crippen molar-refractivity contribution in [1.82, 2.24) is 10.3 Å². The van der Waals surface area contributed by atoms with Crippen molar-refractivity contribution in [2.75, 3.05) is 6.54 Å². The van der Waals surface area contributed by atoms with Gasteiger partial charge in [-0.1, -0.05) is 6.07 Å². The summed E-state index contributed by atoms with van der Waals surface area (Å²) < 4.78 is 12.2. The average Bonchev–Trinajstić information content (AvgIpc) is 2.84. The molecular formula is C14H15BrN2O2. The largest absolute Gasteiger partial charge is 0.484 e. The monoisotopic (exact) mass is 322 g/mol. The van der Waals surface area contributed by atoms with E-state index in [9.17, 15) is 0 Å². The van der Waals surface area contributed by atoms with Gasteiger partial charge in [-0.3, -0.25) is 0 Å². The van der Waals surface area contributed by atoms with E-state index < -0.39 is 0 Å². The summed E-state index contributed by atoms with van der Waals surface area (Å²) in [4.78, 5) is 4.05. The predicted molar refractivity (Wildman–Crippen MR) is 75.1 cm³/mol. The molecule has 0 saturated heterocycles. The Balaban J connectivity index is 1.80. The van der Waals surface area contributed by atoms with E-state index in [4.69, 9.17) is 9.15 Å². The van der Waals surface area contributed by atoms with Crippen LogP contribution in [0.15, 0.2) is 27.4 Å². The van der Waals surface area contributed by atoms with Gasteiger partial charge in [0.2, 0.25) is 0 Å². The molecule has 0 amide bonds. The van der Waals surface area contributed by atoms with Crippen molar-refractivity contribution in [3.05, 3.63) is 45.6 Å². The number of oxazole rings is 1. The van der Waals surface area contributed by atoms with Gasteiger partial charge in [0.25, 0.3) is 0 Å². The second-order valence-electron chi connectivity index (χ2n) is 4.59. The van der Waals surface area contributed by atoms with Gasteiger partial charge in [-0.15, -0.1) is 0 Å². The minimum absolute atomic E-state index is 0.404. The van der Waals surface area contributed by atoms with Crippen molar-refractivity contribution in [2.45, 2.75) is 26.5 Å². The van der Waals surface area contributed by atoms with Crippen LogP contribution in [0, 0.1) is 6.92 Å². The summed E-state index contributed by atoms with van der Waals surface area (Å²) >= 11 is 3.65. The van der Waals surface area contributed by atoms with Gasteiger partial charge in [-0.2, -0.15) is 0 Å². The topological polar surface area (TPSA) is 47.3 Å². The fourth-order valence-electron chi connectivity index (χ4n) is 2.23. The molecule has 2 heterocycles. The number of hydrogen-bond donors (Lipinski definition) is 1. The molecule has 1 aliphatic heterocycles. The molecule has 0 aliphatic carbocycles. The van der Waals surface area contributed by atoms with E-state index >= 15 is 0 Å². The number of aromatic nitrogens is 1. The van der Waals surface area contributed by atoms with Crippen LogP contribution in [0.2, 0.25) is 0 Å². The summed E-state index contributed by atoms with van der Waals surface area (Å²) in [7, 11) is 0. The van der Waals surface area contributed by atoms with Crippen LogP contribution in [-0.2, 0) is 19.6 Å². The lowest BCUT2D eigenvalue weighted by Crippen LogP contribution is -2.23. The Labute approximate surface area is 120 Å². The van der Waals surface area contributed by atoms with Crippen LogP contribution in [-0.4, -0.2) is 11.5 Å². The maximum atomic E-state index is 5.83. The molecule has 2 aromatic rings. The summed E-state index contributed by atoms with van der Waals surface area (Å²) in [5.74, 6) is 1.63. The highest BCUT2D eigenvalue weighted by atomic mass is 79.9. The fourth-order valence-corrected chi connectivity index (χ4v) is 2.93. The Morgan fingerprint density at radius 3 is 3.16 bits per heavy atom. The minimum Gasteiger partial charge on any atom is -0.484 e. The molecule has 100 valence electrons. The highest BCUT2D eigenvalue weighted by molar-refractivity contribution is 9.10. The lowest BCUT2D eigenvalue weighted by molar-refractivity contribution is 0.267. The summed E-state index contributed by atoms with van der Waals surface area (Å²) in [6.45, 7) is 4.25. The van der Waals surface area contributed by atoms with Crippen LogP contribution < -0.4 is 10.1 Å². The SMILES string of the molecule is Cc1ncoc1COc1ccc2c(c1Br)CCNC2. The Hall–Kier alpha value is -1.33. The molecule has 0 saturated carbocycles. The second-order valence-corrected chi connectivity index (χ2v) is 5.38. The maximum absolute atomic E-state index is 5.83. The van der Waals surface area contributed by atoms with Crippen molar-refractivity contribution in [3.63, 3.8) is 0 Å². The Kier molecular flexibility index (Phi) is 3.57. The number of fused-ring (bicyclic) bond motifs is 1. The van der Waals surface area contributed by atoms with E-state index in [0.29, 0.717) is 6.61 Å². The zero-order valence-corrected chi connectivity index (χ0v) is 12.3. The van der Waals surface area contributed by atoms with Gasteiger partial charge in [0.15, 0.2) is 12.2 Å². The quantitative estimate of drug-likeness (QED) is 0.943. The highest BCUT2D eigenvalue weighted by Crippen LogP contribution is 2.33. The Morgan fingerprint density at radius 2 is 2.37 bits per heavy atom. The van der Waals surface area contributed by atoms with Crippen LogP contribution in [0.4, 0.5) is 0 Å². The summed E-state index contributed by atoms with van der Waals surface area (Å²) in [5, 5.41) is 3.36. The first kappa shape index (κ1) is 12.7. The second kappa shape index (κ2) is 5.35. The lowest BCUT2D eigenvalue weighted by Gasteiger charge is -2.20. The molecule has 0 spiro atoms. The highest BCUT2D eigenvalue weighted by Gasteiger charge is 2.16. The number of halogens is 1. The van der Waals surface area contributed by atoms with Crippen molar-refractivity contribution in [2.24, 2.45) is 0 Å². The first-order chi connectivity index (χ1) is 9.25. The van der Waals surface area contributed by atoms with Gasteiger partial charge < -0.3 is 14.5 Å². The van der Waals surface area contributed by atoms with E-state index in [1.54, 1.807) is 0 Å². The normalized spacial score (nSPS) is 14.2. The zero-order chi connectivity index (χ0) is 13.2. The summed E-state index contributed by atoms with van der Waals surface area (Å²) in [6, 6.07) is 4.12. The lowest BCUT2D eigenvalue weighted by atomic mass is 10.0. The number of nitrogens with one attached hydrogen (secondary N) is 1. The van der Waals surface area contributed by atoms with Crippen molar-refractivity contribution in [1.29, 1.82) is 0 Å². The molecule has 19 heavy (non-hydrogen) atoms. The third-order valence-corrected chi connectivity index (χ3v) is 4.25. The number of benzene rings is 1. The molecule has 1 aromatic heterocycles. The molecule has 0 radical (unpaired) electrons. The van der Waals surface area contributed by atoms with E-state index in [2.05, 4.69) is 32.3 Å². The van der Waals surface area contributed by atoms with E-state index in [1.807, 2.05) is 13.0 Å². The molecule has 4 nitrogen and oxygen atoms in total. The van der Waals surface area contributed by atoms with Crippen LogP contribution in [0.3, 0.4) is 0 Å². The molecule has 3 rings (SSSR count). The van der Waals surface area contributed by atoms with Gasteiger partial charge in [0.05, 0.1) is 10.2 Å². The smallest absolute Gasteiger partial charge is 0.181 e. The molecule has 0 atom stereocenters. The number of ether oxygens (including phenoxy) is 1. The van der Waals surface area contributed by atoms with Crippen LogP contribution in [0.25, 0.3) is 0 Å². The van der Waals surface area contributed by atoms with Crippen LogP contribution in [0.1, 0.15) is 22.6 Å². The van der Waals surface area contributed by atoms with Gasteiger partial charge in [-0.05, 0) is 53.0 Å². The molecule has 5 heteroatoms. The molecular weight excluding hydrogens is 308 g/mol. The fraction of sp³-hybridized carbons (Fsp3) is 0.357. The average molecular weight is 323 g/mol. The molecule has 0 fully saturated rings. The first-order valence-corrected chi connectivity index (χ1v) is 7.07. The minimum atomic E-state index is 0.404. The number of hydrogen-bond acceptors (Lipinski definition) is 4. The maximum Gasteiger partial charge on any atom is 0.181 e. The first-order valence-electron chi connectivity index (χ1n) is 6.28. The van der Waals surface area contributed by atoms with Crippen LogP contribution >= 0.6 is 15.9 Å². The molecule has 1 N–H and O–H groups in total. The van der Waals surface area contributed by atoms with E-state index in [0.717, 1.165) is 41.2 Å². The Bertz CT molecular complexity index is 595. The third-order valence-electron chi connectivity index (χ3n) is 3.38. The molecule has 0 unspecified atom stereocenters. The predicted octanol–water partition coefficient (Wildman–Crippen LogP) is 2.97. The van der Waals surface area contributed by atoms with E-state index in [1.165, 1.54) is 17.5 Å². The van der Waals surface area contributed by atoms with E-state index in [-0.39, 0.29) is 0 Å². The molecule has 1 aromatic carbocycles.